The van der Waals surface area contributed by atoms with E-state index in [0.29, 0.717) is 0 Å². The van der Waals surface area contributed by atoms with Gasteiger partial charge in [-0.2, -0.15) is 0 Å². The zero-order valence-corrected chi connectivity index (χ0v) is 9.62. The molecule has 2 rings (SSSR count). The number of rotatable bonds is 1. The molecular formula is C10H19N5. The van der Waals surface area contributed by atoms with E-state index in [0.717, 1.165) is 31.0 Å². The van der Waals surface area contributed by atoms with Gasteiger partial charge in [0.1, 0.15) is 11.5 Å². The molecule has 0 amide bonds. The molecule has 0 aromatic carbocycles. The summed E-state index contributed by atoms with van der Waals surface area (Å²) in [6.45, 7) is 8.27. The van der Waals surface area contributed by atoms with Gasteiger partial charge in [0.05, 0.1) is 6.04 Å². The Balaban J connectivity index is 2.33. The Hall–Kier alpha value is -1.10. The highest BCUT2D eigenvalue weighted by atomic mass is 15.5. The number of hydrogen-bond acceptors (Lipinski definition) is 4. The van der Waals surface area contributed by atoms with E-state index in [1.54, 1.807) is 0 Å². The lowest BCUT2D eigenvalue weighted by atomic mass is 9.85. The summed E-state index contributed by atoms with van der Waals surface area (Å²) < 4.78 is 1.91. The molecule has 0 aliphatic carbocycles. The topological polar surface area (TPSA) is 68.8 Å². The zero-order chi connectivity index (χ0) is 11.1. The number of nitrogens with two attached hydrogens (primary N) is 1. The molecule has 1 atom stereocenters. The minimum Gasteiger partial charge on any atom is -0.369 e. The molecule has 0 spiro atoms. The number of hydrogen-bond donors (Lipinski definition) is 2. The molecule has 0 saturated carbocycles. The molecule has 1 aliphatic rings. The second kappa shape index (κ2) is 3.48. The van der Waals surface area contributed by atoms with E-state index in [4.69, 9.17) is 5.73 Å². The van der Waals surface area contributed by atoms with Crippen molar-refractivity contribution < 1.29 is 0 Å². The standard InChI is InChI=1S/C10H19N5/c1-10(2,3)8(11)7-9-12-5-4-6-15(9)14-13-7/h8,12H,4-6,11H2,1-3H3. The van der Waals surface area contributed by atoms with E-state index in [1.807, 2.05) is 4.68 Å². The van der Waals surface area contributed by atoms with Gasteiger partial charge in [-0.25, -0.2) is 4.68 Å². The summed E-state index contributed by atoms with van der Waals surface area (Å²) in [6.07, 6.45) is 1.10. The lowest BCUT2D eigenvalue weighted by Crippen LogP contribution is -2.28. The van der Waals surface area contributed by atoms with Crippen LogP contribution in [0.1, 0.15) is 38.9 Å². The first kappa shape index (κ1) is 10.4. The first-order valence-corrected chi connectivity index (χ1v) is 5.43. The molecule has 0 radical (unpaired) electrons. The maximum absolute atomic E-state index is 6.18. The van der Waals surface area contributed by atoms with Crippen LogP contribution in [0.15, 0.2) is 0 Å². The Morgan fingerprint density at radius 3 is 2.87 bits per heavy atom. The highest BCUT2D eigenvalue weighted by molar-refractivity contribution is 5.43. The van der Waals surface area contributed by atoms with Crippen molar-refractivity contribution in [3.8, 4) is 0 Å². The average molecular weight is 209 g/mol. The fourth-order valence-electron chi connectivity index (χ4n) is 1.72. The summed E-state index contributed by atoms with van der Waals surface area (Å²) in [4.78, 5) is 0. The highest BCUT2D eigenvalue weighted by Gasteiger charge is 2.29. The van der Waals surface area contributed by atoms with Crippen molar-refractivity contribution in [3.05, 3.63) is 5.69 Å². The molecule has 1 aromatic rings. The van der Waals surface area contributed by atoms with E-state index in [2.05, 4.69) is 36.4 Å². The Kier molecular flexibility index (Phi) is 2.42. The summed E-state index contributed by atoms with van der Waals surface area (Å²) in [7, 11) is 0. The third-order valence-corrected chi connectivity index (χ3v) is 2.83. The minimum absolute atomic E-state index is 0.0104. The Morgan fingerprint density at radius 2 is 2.20 bits per heavy atom. The third-order valence-electron chi connectivity index (χ3n) is 2.83. The average Bonchev–Trinajstić information content (AvgIpc) is 2.58. The van der Waals surface area contributed by atoms with Gasteiger partial charge >= 0.3 is 0 Å². The van der Waals surface area contributed by atoms with E-state index >= 15 is 0 Å². The molecule has 1 aromatic heterocycles. The molecule has 84 valence electrons. The second-order valence-corrected chi connectivity index (χ2v) is 5.17. The summed E-state index contributed by atoms with van der Waals surface area (Å²) in [5.74, 6) is 1.00. The van der Waals surface area contributed by atoms with Crippen LogP contribution in [0.3, 0.4) is 0 Å². The number of fused-ring (bicyclic) bond motifs is 1. The van der Waals surface area contributed by atoms with Gasteiger partial charge in [-0.15, -0.1) is 5.10 Å². The van der Waals surface area contributed by atoms with Crippen molar-refractivity contribution in [2.75, 3.05) is 11.9 Å². The summed E-state index contributed by atoms with van der Waals surface area (Å²) >= 11 is 0. The number of aromatic nitrogens is 3. The van der Waals surface area contributed by atoms with Crippen LogP contribution in [0.25, 0.3) is 0 Å². The van der Waals surface area contributed by atoms with Crippen LogP contribution in [-0.4, -0.2) is 21.5 Å². The minimum atomic E-state index is -0.0770. The fraction of sp³-hybridized carbons (Fsp3) is 0.800. The number of nitrogens with zero attached hydrogens (tertiary/aromatic N) is 3. The maximum Gasteiger partial charge on any atom is 0.149 e. The number of nitrogens with one attached hydrogen (secondary N) is 1. The van der Waals surface area contributed by atoms with E-state index in [9.17, 15) is 0 Å². The first-order chi connectivity index (χ1) is 7.00. The van der Waals surface area contributed by atoms with Crippen molar-refractivity contribution in [2.45, 2.75) is 39.8 Å². The van der Waals surface area contributed by atoms with Crippen LogP contribution >= 0.6 is 0 Å². The van der Waals surface area contributed by atoms with Gasteiger partial charge in [-0.1, -0.05) is 26.0 Å². The van der Waals surface area contributed by atoms with E-state index in [-0.39, 0.29) is 11.5 Å². The molecule has 5 heteroatoms. The summed E-state index contributed by atoms with van der Waals surface area (Å²) in [6, 6.07) is -0.0770. The molecular weight excluding hydrogens is 190 g/mol. The van der Waals surface area contributed by atoms with Crippen LogP contribution in [-0.2, 0) is 6.54 Å². The van der Waals surface area contributed by atoms with Gasteiger partial charge in [-0.3, -0.25) is 0 Å². The molecule has 0 saturated heterocycles. The number of aryl methyl sites for hydroxylation is 1. The van der Waals surface area contributed by atoms with Gasteiger partial charge < -0.3 is 11.1 Å². The van der Waals surface area contributed by atoms with Crippen molar-refractivity contribution >= 4 is 5.82 Å². The van der Waals surface area contributed by atoms with Gasteiger partial charge in [0.25, 0.3) is 0 Å². The molecule has 2 heterocycles. The van der Waals surface area contributed by atoms with E-state index < -0.39 is 0 Å². The molecule has 3 N–H and O–H groups in total. The van der Waals surface area contributed by atoms with Gasteiger partial charge in [0.15, 0.2) is 0 Å². The Labute approximate surface area is 90.0 Å². The van der Waals surface area contributed by atoms with Gasteiger partial charge in [0.2, 0.25) is 0 Å². The smallest absolute Gasteiger partial charge is 0.149 e. The Morgan fingerprint density at radius 1 is 1.47 bits per heavy atom. The van der Waals surface area contributed by atoms with Gasteiger partial charge in [0, 0.05) is 13.1 Å². The van der Waals surface area contributed by atoms with Gasteiger partial charge in [-0.05, 0) is 11.8 Å². The molecule has 0 bridgehead atoms. The van der Waals surface area contributed by atoms with Crippen LogP contribution in [0, 0.1) is 5.41 Å². The quantitative estimate of drug-likeness (QED) is 0.727. The van der Waals surface area contributed by atoms with Crippen molar-refractivity contribution in [1.29, 1.82) is 0 Å². The van der Waals surface area contributed by atoms with Crippen LogP contribution in [0.5, 0.6) is 0 Å². The van der Waals surface area contributed by atoms with Crippen molar-refractivity contribution in [3.63, 3.8) is 0 Å². The molecule has 5 nitrogen and oxygen atoms in total. The van der Waals surface area contributed by atoms with Crippen molar-refractivity contribution in [2.24, 2.45) is 11.1 Å². The largest absolute Gasteiger partial charge is 0.369 e. The molecule has 1 aliphatic heterocycles. The lowest BCUT2D eigenvalue weighted by Gasteiger charge is -2.27. The monoisotopic (exact) mass is 209 g/mol. The maximum atomic E-state index is 6.18. The third kappa shape index (κ3) is 1.84. The normalized spacial score (nSPS) is 18.1. The SMILES string of the molecule is CC(C)(C)C(N)c1nnn2c1NCCC2. The highest BCUT2D eigenvalue weighted by Crippen LogP contribution is 2.33. The van der Waals surface area contributed by atoms with E-state index in [1.165, 1.54) is 0 Å². The zero-order valence-electron chi connectivity index (χ0n) is 9.62. The number of anilines is 1. The second-order valence-electron chi connectivity index (χ2n) is 5.17. The molecule has 15 heavy (non-hydrogen) atoms. The Bertz CT molecular complexity index is 349. The molecule has 0 fully saturated rings. The fourth-order valence-corrected chi connectivity index (χ4v) is 1.72. The first-order valence-electron chi connectivity index (χ1n) is 5.43. The van der Waals surface area contributed by atoms with Crippen molar-refractivity contribution in [1.82, 2.24) is 15.0 Å². The predicted molar refractivity (Wildman–Crippen MR) is 59.5 cm³/mol. The van der Waals surface area contributed by atoms with Crippen LogP contribution in [0.2, 0.25) is 0 Å². The van der Waals surface area contributed by atoms with Crippen LogP contribution < -0.4 is 11.1 Å². The summed E-state index contributed by atoms with van der Waals surface area (Å²) in [5.41, 5.74) is 7.09. The predicted octanol–water partition coefficient (Wildman–Crippen LogP) is 1.14. The van der Waals surface area contributed by atoms with Crippen LogP contribution in [0.4, 0.5) is 5.82 Å². The molecule has 1 unspecified atom stereocenters. The summed E-state index contributed by atoms with van der Waals surface area (Å²) in [5, 5.41) is 11.6. The lowest BCUT2D eigenvalue weighted by molar-refractivity contribution is 0.322.